The maximum atomic E-state index is 12.0. The zero-order chi connectivity index (χ0) is 13.7. The van der Waals surface area contributed by atoms with Gasteiger partial charge in [0.2, 0.25) is 11.8 Å². The van der Waals surface area contributed by atoms with Gasteiger partial charge in [0.1, 0.15) is 0 Å². The van der Waals surface area contributed by atoms with Gasteiger partial charge in [-0.2, -0.15) is 0 Å². The molecule has 2 fully saturated rings. The Bertz CT molecular complexity index is 329. The zero-order valence-corrected chi connectivity index (χ0v) is 11.4. The highest BCUT2D eigenvalue weighted by atomic mass is 16.3. The van der Waals surface area contributed by atoms with Crippen LogP contribution >= 0.6 is 0 Å². The van der Waals surface area contributed by atoms with Crippen molar-refractivity contribution in [2.45, 2.75) is 38.5 Å². The summed E-state index contributed by atoms with van der Waals surface area (Å²) in [6, 6.07) is 0. The molecular weight excluding hydrogens is 244 g/mol. The molecule has 5 nitrogen and oxygen atoms in total. The molecule has 1 aliphatic heterocycles. The number of carbonyl (C=O) groups excluding carboxylic acids is 2. The average molecular weight is 268 g/mol. The van der Waals surface area contributed by atoms with E-state index in [0.717, 1.165) is 32.2 Å². The first-order chi connectivity index (χ1) is 9.20. The van der Waals surface area contributed by atoms with Crippen LogP contribution in [0.2, 0.25) is 0 Å². The van der Waals surface area contributed by atoms with E-state index in [2.05, 4.69) is 5.32 Å². The van der Waals surface area contributed by atoms with Gasteiger partial charge in [0.15, 0.2) is 0 Å². The van der Waals surface area contributed by atoms with Gasteiger partial charge in [0, 0.05) is 38.6 Å². The van der Waals surface area contributed by atoms with Gasteiger partial charge in [0.05, 0.1) is 0 Å². The molecule has 2 N–H and O–H groups in total. The van der Waals surface area contributed by atoms with Gasteiger partial charge in [-0.25, -0.2) is 0 Å². The number of likely N-dealkylation sites (tertiary alicyclic amines) is 1. The quantitative estimate of drug-likeness (QED) is 0.690. The maximum absolute atomic E-state index is 12.0. The molecular formula is C14H24N2O3. The van der Waals surface area contributed by atoms with Crippen LogP contribution in [0, 0.1) is 11.8 Å². The third-order valence-electron chi connectivity index (χ3n) is 3.94. The van der Waals surface area contributed by atoms with Gasteiger partial charge < -0.3 is 15.3 Å². The Kier molecular flexibility index (Phi) is 5.19. The molecule has 2 amide bonds. The molecule has 19 heavy (non-hydrogen) atoms. The van der Waals surface area contributed by atoms with Crippen LogP contribution in [-0.4, -0.2) is 48.1 Å². The Labute approximate surface area is 114 Å². The number of hydrogen-bond donors (Lipinski definition) is 2. The van der Waals surface area contributed by atoms with Crippen molar-refractivity contribution in [1.29, 1.82) is 0 Å². The predicted octanol–water partition coefficient (Wildman–Crippen LogP) is 0.524. The fourth-order valence-corrected chi connectivity index (χ4v) is 2.54. The van der Waals surface area contributed by atoms with E-state index in [4.69, 9.17) is 5.11 Å². The molecule has 0 radical (unpaired) electrons. The summed E-state index contributed by atoms with van der Waals surface area (Å²) in [7, 11) is 0. The normalized spacial score (nSPS) is 23.2. The maximum Gasteiger partial charge on any atom is 0.223 e. The number of amides is 2. The first-order valence-electron chi connectivity index (χ1n) is 7.37. The molecule has 1 saturated heterocycles. The first-order valence-corrected chi connectivity index (χ1v) is 7.37. The molecule has 1 unspecified atom stereocenters. The highest BCUT2D eigenvalue weighted by Crippen LogP contribution is 2.28. The van der Waals surface area contributed by atoms with Crippen molar-refractivity contribution in [3.05, 3.63) is 0 Å². The third-order valence-corrected chi connectivity index (χ3v) is 3.94. The Hall–Kier alpha value is -1.10. The molecule has 1 heterocycles. The fourth-order valence-electron chi connectivity index (χ4n) is 2.54. The molecule has 108 valence electrons. The van der Waals surface area contributed by atoms with Crippen molar-refractivity contribution < 1.29 is 14.7 Å². The monoisotopic (exact) mass is 268 g/mol. The number of nitrogens with zero attached hydrogens (tertiary/aromatic N) is 1. The van der Waals surface area contributed by atoms with E-state index in [1.54, 1.807) is 0 Å². The molecule has 2 rings (SSSR count). The van der Waals surface area contributed by atoms with E-state index in [-0.39, 0.29) is 30.3 Å². The number of piperidine rings is 1. The van der Waals surface area contributed by atoms with Gasteiger partial charge >= 0.3 is 0 Å². The molecule has 0 aromatic rings. The first kappa shape index (κ1) is 14.3. The summed E-state index contributed by atoms with van der Waals surface area (Å²) in [5.74, 6) is 0.778. The standard InChI is InChI=1S/C14H24N2O3/c17-10-11-3-2-8-16(9-11)13(18)4-1-7-15-14(19)12-5-6-12/h11-12,17H,1-10H2,(H,15,19). The summed E-state index contributed by atoms with van der Waals surface area (Å²) in [6.45, 7) is 2.26. The minimum absolute atomic E-state index is 0.144. The van der Waals surface area contributed by atoms with Crippen LogP contribution in [0.1, 0.15) is 38.5 Å². The summed E-state index contributed by atoms with van der Waals surface area (Å²) in [4.78, 5) is 25.2. The van der Waals surface area contributed by atoms with Gasteiger partial charge in [-0.15, -0.1) is 0 Å². The topological polar surface area (TPSA) is 69.6 Å². The van der Waals surface area contributed by atoms with Crippen LogP contribution in [0.3, 0.4) is 0 Å². The number of aliphatic hydroxyl groups excluding tert-OH is 1. The highest BCUT2D eigenvalue weighted by molar-refractivity contribution is 5.81. The van der Waals surface area contributed by atoms with Crippen LogP contribution in [-0.2, 0) is 9.59 Å². The number of hydrogen-bond acceptors (Lipinski definition) is 3. The van der Waals surface area contributed by atoms with E-state index in [1.807, 2.05) is 4.90 Å². The van der Waals surface area contributed by atoms with E-state index in [1.165, 1.54) is 0 Å². The Morgan fingerprint density at radius 3 is 2.74 bits per heavy atom. The smallest absolute Gasteiger partial charge is 0.223 e. The Morgan fingerprint density at radius 2 is 2.05 bits per heavy atom. The van der Waals surface area contributed by atoms with E-state index in [0.29, 0.717) is 25.9 Å². The lowest BCUT2D eigenvalue weighted by Gasteiger charge is -2.32. The van der Waals surface area contributed by atoms with Crippen LogP contribution in [0.4, 0.5) is 0 Å². The summed E-state index contributed by atoms with van der Waals surface area (Å²) in [5, 5.41) is 12.0. The Balaban J connectivity index is 1.59. The molecule has 5 heteroatoms. The summed E-state index contributed by atoms with van der Waals surface area (Å²) in [5.41, 5.74) is 0. The lowest BCUT2D eigenvalue weighted by Crippen LogP contribution is -2.41. The molecule has 1 atom stereocenters. The molecule has 1 saturated carbocycles. The lowest BCUT2D eigenvalue weighted by molar-refractivity contribution is -0.133. The summed E-state index contributed by atoms with van der Waals surface area (Å²) < 4.78 is 0. The molecule has 0 spiro atoms. The van der Waals surface area contributed by atoms with Gasteiger partial charge in [0.25, 0.3) is 0 Å². The predicted molar refractivity (Wildman–Crippen MR) is 71.4 cm³/mol. The average Bonchev–Trinajstić information content (AvgIpc) is 3.27. The van der Waals surface area contributed by atoms with Crippen LogP contribution < -0.4 is 5.32 Å². The third kappa shape index (κ3) is 4.49. The van der Waals surface area contributed by atoms with Crippen LogP contribution in [0.15, 0.2) is 0 Å². The van der Waals surface area contributed by atoms with E-state index < -0.39 is 0 Å². The zero-order valence-electron chi connectivity index (χ0n) is 11.4. The van der Waals surface area contributed by atoms with Crippen molar-refractivity contribution in [3.8, 4) is 0 Å². The largest absolute Gasteiger partial charge is 0.396 e. The molecule has 2 aliphatic rings. The second-order valence-corrected chi connectivity index (χ2v) is 5.70. The van der Waals surface area contributed by atoms with Gasteiger partial charge in [-0.1, -0.05) is 0 Å². The number of rotatable bonds is 6. The lowest BCUT2D eigenvalue weighted by atomic mass is 9.99. The SMILES string of the molecule is O=C(NCCCC(=O)N1CCCC(CO)C1)C1CC1. The van der Waals surface area contributed by atoms with E-state index in [9.17, 15) is 9.59 Å². The van der Waals surface area contributed by atoms with Crippen molar-refractivity contribution in [2.75, 3.05) is 26.2 Å². The number of aliphatic hydroxyl groups is 1. The molecule has 0 aromatic carbocycles. The van der Waals surface area contributed by atoms with E-state index >= 15 is 0 Å². The minimum atomic E-state index is 0.144. The van der Waals surface area contributed by atoms with Crippen LogP contribution in [0.5, 0.6) is 0 Å². The number of nitrogens with one attached hydrogen (secondary N) is 1. The molecule has 1 aliphatic carbocycles. The second-order valence-electron chi connectivity index (χ2n) is 5.70. The summed E-state index contributed by atoms with van der Waals surface area (Å²) >= 11 is 0. The fraction of sp³-hybridized carbons (Fsp3) is 0.857. The van der Waals surface area contributed by atoms with Crippen molar-refractivity contribution >= 4 is 11.8 Å². The Morgan fingerprint density at radius 1 is 1.26 bits per heavy atom. The number of carbonyl (C=O) groups is 2. The van der Waals surface area contributed by atoms with Gasteiger partial charge in [-0.05, 0) is 38.0 Å². The minimum Gasteiger partial charge on any atom is -0.396 e. The van der Waals surface area contributed by atoms with Crippen molar-refractivity contribution in [1.82, 2.24) is 10.2 Å². The summed E-state index contributed by atoms with van der Waals surface area (Å²) in [6.07, 6.45) is 5.22. The molecule has 0 bridgehead atoms. The second kappa shape index (κ2) is 6.89. The molecule has 0 aromatic heterocycles. The van der Waals surface area contributed by atoms with Gasteiger partial charge in [-0.3, -0.25) is 9.59 Å². The van der Waals surface area contributed by atoms with Crippen molar-refractivity contribution in [2.24, 2.45) is 11.8 Å². The highest BCUT2D eigenvalue weighted by Gasteiger charge is 2.29. The van der Waals surface area contributed by atoms with Crippen LogP contribution in [0.25, 0.3) is 0 Å². The van der Waals surface area contributed by atoms with Crippen molar-refractivity contribution in [3.63, 3.8) is 0 Å².